The van der Waals surface area contributed by atoms with Crippen LogP contribution in [-0.2, 0) is 0 Å². The maximum absolute atomic E-state index is 8.19. The normalized spacial score (nSPS) is 18.8. The molecule has 0 radical (unpaired) electrons. The number of nitrogens with one attached hydrogen (secondary N) is 3. The molecule has 1 aliphatic heterocycles. The van der Waals surface area contributed by atoms with E-state index in [-0.39, 0.29) is 5.96 Å². The Hall–Kier alpha value is -2.15. The van der Waals surface area contributed by atoms with E-state index < -0.39 is 0 Å². The molecule has 0 bridgehead atoms. The zero-order valence-corrected chi connectivity index (χ0v) is 16.0. The van der Waals surface area contributed by atoms with Gasteiger partial charge < -0.3 is 20.4 Å². The van der Waals surface area contributed by atoms with E-state index in [1.807, 2.05) is 12.3 Å². The van der Waals surface area contributed by atoms with Gasteiger partial charge in [-0.3, -0.25) is 5.41 Å². The van der Waals surface area contributed by atoms with Gasteiger partial charge in [0.1, 0.15) is 11.7 Å². The second kappa shape index (κ2) is 8.98. The Morgan fingerprint density at radius 2 is 2.08 bits per heavy atom. The molecule has 2 fully saturated rings. The summed E-state index contributed by atoms with van der Waals surface area (Å²) in [5, 5.41) is 14.6. The number of anilines is 2. The summed E-state index contributed by atoms with van der Waals surface area (Å²) >= 11 is 0. The second-order valence-electron chi connectivity index (χ2n) is 7.04. The average Bonchev–Trinajstić information content (AvgIpc) is 3.22. The Labute approximate surface area is 156 Å². The lowest BCUT2D eigenvalue weighted by Crippen LogP contribution is -2.43. The van der Waals surface area contributed by atoms with E-state index in [9.17, 15) is 0 Å². The van der Waals surface area contributed by atoms with Crippen molar-refractivity contribution in [2.24, 2.45) is 4.99 Å². The molecule has 0 spiro atoms. The summed E-state index contributed by atoms with van der Waals surface area (Å²) in [4.78, 5) is 13.5. The maximum atomic E-state index is 8.19. The Morgan fingerprint density at radius 1 is 1.35 bits per heavy atom. The van der Waals surface area contributed by atoms with Crippen molar-refractivity contribution in [2.75, 3.05) is 43.4 Å². The lowest BCUT2D eigenvalue weighted by molar-refractivity contribution is 0.366. The van der Waals surface area contributed by atoms with Crippen molar-refractivity contribution in [1.82, 2.24) is 15.2 Å². The van der Waals surface area contributed by atoms with Crippen LogP contribution in [0.25, 0.3) is 0 Å². The smallest absolute Gasteiger partial charge is 0.222 e. The van der Waals surface area contributed by atoms with Gasteiger partial charge >= 0.3 is 0 Å². The molecule has 1 aromatic rings. The van der Waals surface area contributed by atoms with Gasteiger partial charge in [0.25, 0.3) is 0 Å². The minimum Gasteiger partial charge on any atom is -0.368 e. The van der Waals surface area contributed by atoms with E-state index in [0.717, 1.165) is 44.1 Å². The van der Waals surface area contributed by atoms with E-state index in [1.165, 1.54) is 25.7 Å². The molecule has 142 valence electrons. The van der Waals surface area contributed by atoms with Gasteiger partial charge in [-0.05, 0) is 25.0 Å². The van der Waals surface area contributed by atoms with Gasteiger partial charge in [-0.2, -0.15) is 0 Å². The van der Waals surface area contributed by atoms with Crippen LogP contribution in [0.5, 0.6) is 0 Å². The monoisotopic (exact) mass is 357 g/mol. The lowest BCUT2D eigenvalue weighted by atomic mass is 10.2. The first-order valence-electron chi connectivity index (χ1n) is 9.75. The Morgan fingerprint density at radius 3 is 2.69 bits per heavy atom. The van der Waals surface area contributed by atoms with E-state index >= 15 is 0 Å². The molecule has 2 aliphatic rings. The molecule has 1 aliphatic carbocycles. The third-order valence-corrected chi connectivity index (χ3v) is 5.31. The largest absolute Gasteiger partial charge is 0.368 e. The van der Waals surface area contributed by atoms with E-state index in [0.29, 0.717) is 11.9 Å². The molecule has 1 saturated heterocycles. The summed E-state index contributed by atoms with van der Waals surface area (Å²) in [7, 11) is 2.10. The Balaban J connectivity index is 1.59. The molecule has 7 heteroatoms. The zero-order valence-electron chi connectivity index (χ0n) is 16.0. The highest BCUT2D eigenvalue weighted by Gasteiger charge is 2.21. The highest BCUT2D eigenvalue weighted by molar-refractivity contribution is 6.00. The molecular formula is C19H31N7. The number of amidine groups is 1. The van der Waals surface area contributed by atoms with Crippen molar-refractivity contribution >= 4 is 23.3 Å². The SMILES string of the molecule is CC/C(=N\C(=N)Nc1ccc(N2CCNCC2)cn1)N(C)C1CCCC1. The van der Waals surface area contributed by atoms with Crippen LogP contribution in [0, 0.1) is 5.41 Å². The number of hydrogen-bond donors (Lipinski definition) is 3. The summed E-state index contributed by atoms with van der Waals surface area (Å²) in [6.07, 6.45) is 7.75. The first-order valence-corrected chi connectivity index (χ1v) is 9.75. The molecule has 3 rings (SSSR count). The summed E-state index contributed by atoms with van der Waals surface area (Å²) in [5.74, 6) is 1.78. The minimum atomic E-state index is 0.147. The molecule has 2 heterocycles. The first-order chi connectivity index (χ1) is 12.7. The average molecular weight is 358 g/mol. The molecule has 0 unspecified atom stereocenters. The van der Waals surface area contributed by atoms with Gasteiger partial charge in [-0.1, -0.05) is 19.8 Å². The van der Waals surface area contributed by atoms with Crippen LogP contribution in [-0.4, -0.2) is 60.9 Å². The number of nitrogens with zero attached hydrogens (tertiary/aromatic N) is 4. The van der Waals surface area contributed by atoms with Crippen molar-refractivity contribution in [1.29, 1.82) is 5.41 Å². The standard InChI is InChI=1S/C19H31N7/c1-3-18(25(2)15-6-4-5-7-15)24-19(20)23-17-9-8-16(14-22-17)26-12-10-21-11-13-26/h8-9,14-15,21H,3-7,10-13H2,1-2H3,(H2,20,22,23)/b24-18+. The molecule has 0 amide bonds. The first kappa shape index (κ1) is 18.6. The molecule has 26 heavy (non-hydrogen) atoms. The predicted octanol–water partition coefficient (Wildman–Crippen LogP) is 2.52. The quantitative estimate of drug-likeness (QED) is 0.570. The van der Waals surface area contributed by atoms with Gasteiger partial charge in [-0.25, -0.2) is 9.98 Å². The van der Waals surface area contributed by atoms with Crippen LogP contribution >= 0.6 is 0 Å². The number of aromatic nitrogens is 1. The number of rotatable bonds is 4. The Kier molecular flexibility index (Phi) is 6.44. The second-order valence-corrected chi connectivity index (χ2v) is 7.04. The number of guanidine groups is 1. The van der Waals surface area contributed by atoms with Crippen molar-refractivity contribution in [3.8, 4) is 0 Å². The molecule has 0 aromatic carbocycles. The molecule has 1 saturated carbocycles. The van der Waals surface area contributed by atoms with E-state index in [4.69, 9.17) is 5.41 Å². The number of piperazine rings is 1. The van der Waals surface area contributed by atoms with Crippen LogP contribution in [0.3, 0.4) is 0 Å². The minimum absolute atomic E-state index is 0.147. The molecular weight excluding hydrogens is 326 g/mol. The third kappa shape index (κ3) is 4.72. The highest BCUT2D eigenvalue weighted by Crippen LogP contribution is 2.23. The Bertz CT molecular complexity index is 613. The fourth-order valence-corrected chi connectivity index (χ4v) is 3.76. The van der Waals surface area contributed by atoms with Gasteiger partial charge in [0.15, 0.2) is 0 Å². The fourth-order valence-electron chi connectivity index (χ4n) is 3.76. The fraction of sp³-hybridized carbons (Fsp3) is 0.632. The van der Waals surface area contributed by atoms with Crippen molar-refractivity contribution < 1.29 is 0 Å². The highest BCUT2D eigenvalue weighted by atomic mass is 15.2. The third-order valence-electron chi connectivity index (χ3n) is 5.31. The summed E-state index contributed by atoms with van der Waals surface area (Å²) in [5.41, 5.74) is 1.13. The van der Waals surface area contributed by atoms with Crippen LogP contribution in [0.2, 0.25) is 0 Å². The van der Waals surface area contributed by atoms with Gasteiger partial charge in [0, 0.05) is 45.7 Å². The number of aliphatic imine (C=N–C) groups is 1. The van der Waals surface area contributed by atoms with Crippen molar-refractivity contribution in [2.45, 2.75) is 45.1 Å². The van der Waals surface area contributed by atoms with Crippen LogP contribution in [0.4, 0.5) is 11.5 Å². The van der Waals surface area contributed by atoms with Crippen molar-refractivity contribution in [3.63, 3.8) is 0 Å². The van der Waals surface area contributed by atoms with Gasteiger partial charge in [0.05, 0.1) is 11.9 Å². The summed E-state index contributed by atoms with van der Waals surface area (Å²) in [6.45, 7) is 6.11. The van der Waals surface area contributed by atoms with Crippen LogP contribution in [0.15, 0.2) is 23.3 Å². The summed E-state index contributed by atoms with van der Waals surface area (Å²) in [6, 6.07) is 4.55. The predicted molar refractivity (Wildman–Crippen MR) is 108 cm³/mol. The van der Waals surface area contributed by atoms with E-state index in [2.05, 4.69) is 50.4 Å². The number of hydrogen-bond acceptors (Lipinski definition) is 4. The molecule has 7 nitrogen and oxygen atoms in total. The van der Waals surface area contributed by atoms with E-state index in [1.54, 1.807) is 0 Å². The molecule has 1 aromatic heterocycles. The number of pyridine rings is 1. The lowest BCUT2D eigenvalue weighted by Gasteiger charge is -2.29. The van der Waals surface area contributed by atoms with Gasteiger partial charge in [0.2, 0.25) is 5.96 Å². The zero-order chi connectivity index (χ0) is 18.4. The molecule has 0 atom stereocenters. The van der Waals surface area contributed by atoms with Crippen molar-refractivity contribution in [3.05, 3.63) is 18.3 Å². The van der Waals surface area contributed by atoms with Gasteiger partial charge in [-0.15, -0.1) is 0 Å². The van der Waals surface area contributed by atoms with Crippen LogP contribution in [0.1, 0.15) is 39.0 Å². The van der Waals surface area contributed by atoms with Crippen LogP contribution < -0.4 is 15.5 Å². The topological polar surface area (TPSA) is 79.6 Å². The molecule has 3 N–H and O–H groups in total. The summed E-state index contributed by atoms with van der Waals surface area (Å²) < 4.78 is 0. The maximum Gasteiger partial charge on any atom is 0.222 e.